The highest BCUT2D eigenvalue weighted by atomic mass is 35.5. The molecule has 0 spiro atoms. The number of nitrogens with zero attached hydrogens (tertiary/aromatic N) is 2. The van der Waals surface area contributed by atoms with Gasteiger partial charge in [0.05, 0.1) is 11.9 Å². The Labute approximate surface area is 110 Å². The van der Waals surface area contributed by atoms with Crippen LogP contribution >= 0.6 is 11.6 Å². The molecule has 0 amide bonds. The van der Waals surface area contributed by atoms with Gasteiger partial charge in [0, 0.05) is 12.4 Å². The van der Waals surface area contributed by atoms with E-state index in [1.165, 1.54) is 24.5 Å². The normalized spacial score (nSPS) is 11.2. The molecule has 0 unspecified atom stereocenters. The molecule has 7 heteroatoms. The summed E-state index contributed by atoms with van der Waals surface area (Å²) in [5.74, 6) is 0. The van der Waals surface area contributed by atoms with Gasteiger partial charge in [-0.25, -0.2) is 13.4 Å². The molecule has 94 valence electrons. The number of aromatic nitrogens is 2. The van der Waals surface area contributed by atoms with Crippen molar-refractivity contribution < 1.29 is 8.42 Å². The molecule has 0 aliphatic rings. The molecule has 18 heavy (non-hydrogen) atoms. The zero-order valence-electron chi connectivity index (χ0n) is 9.46. The summed E-state index contributed by atoms with van der Waals surface area (Å²) in [5.41, 5.74) is 1.19. The van der Waals surface area contributed by atoms with E-state index in [0.29, 0.717) is 5.69 Å². The quantitative estimate of drug-likeness (QED) is 0.877. The highest BCUT2D eigenvalue weighted by molar-refractivity contribution is 7.92. The van der Waals surface area contributed by atoms with Crippen LogP contribution in [0, 0.1) is 6.92 Å². The molecule has 0 atom stereocenters. The molecule has 0 aromatic carbocycles. The molecule has 5 nitrogen and oxygen atoms in total. The third-order valence-electron chi connectivity index (χ3n) is 2.30. The van der Waals surface area contributed by atoms with Crippen molar-refractivity contribution in [1.29, 1.82) is 0 Å². The van der Waals surface area contributed by atoms with Crippen molar-refractivity contribution in [1.82, 2.24) is 9.97 Å². The molecule has 0 saturated heterocycles. The molecular weight excluding hydrogens is 274 g/mol. The monoisotopic (exact) mass is 283 g/mol. The molecule has 0 radical (unpaired) electrons. The lowest BCUT2D eigenvalue weighted by Gasteiger charge is -2.10. The van der Waals surface area contributed by atoms with E-state index in [1.807, 2.05) is 0 Å². The van der Waals surface area contributed by atoms with Gasteiger partial charge in [-0.05, 0) is 30.7 Å². The number of halogens is 1. The van der Waals surface area contributed by atoms with Crippen LogP contribution in [-0.2, 0) is 10.0 Å². The highest BCUT2D eigenvalue weighted by Crippen LogP contribution is 2.22. The van der Waals surface area contributed by atoms with E-state index < -0.39 is 10.0 Å². The topological polar surface area (TPSA) is 72.0 Å². The van der Waals surface area contributed by atoms with Crippen molar-refractivity contribution >= 4 is 27.3 Å². The summed E-state index contributed by atoms with van der Waals surface area (Å²) >= 11 is 5.77. The van der Waals surface area contributed by atoms with Gasteiger partial charge < -0.3 is 0 Å². The van der Waals surface area contributed by atoms with E-state index in [4.69, 9.17) is 11.6 Å². The standard InChI is InChI=1S/C11H10ClN3O2S/c1-8-4-6-13-7-9(8)15-18(16,17)10-3-2-5-14-11(10)12/h2-7,15H,1H3. The van der Waals surface area contributed by atoms with Gasteiger partial charge in [0.2, 0.25) is 0 Å². The zero-order chi connectivity index (χ0) is 13.2. The Morgan fingerprint density at radius 2 is 2.06 bits per heavy atom. The number of rotatable bonds is 3. The van der Waals surface area contributed by atoms with Crippen molar-refractivity contribution in [3.05, 3.63) is 47.5 Å². The zero-order valence-corrected chi connectivity index (χ0v) is 11.0. The second kappa shape index (κ2) is 4.91. The summed E-state index contributed by atoms with van der Waals surface area (Å²) < 4.78 is 26.7. The van der Waals surface area contributed by atoms with Crippen LogP contribution in [0.4, 0.5) is 5.69 Å². The number of aryl methyl sites for hydroxylation is 1. The Balaban J connectivity index is 2.40. The van der Waals surface area contributed by atoms with Gasteiger partial charge in [0.25, 0.3) is 10.0 Å². The van der Waals surface area contributed by atoms with Crippen LogP contribution in [0.15, 0.2) is 41.7 Å². The molecule has 0 aliphatic heterocycles. The fraction of sp³-hybridized carbons (Fsp3) is 0.0909. The summed E-state index contributed by atoms with van der Waals surface area (Å²) in [6.07, 6.45) is 4.46. The smallest absolute Gasteiger partial charge is 0.265 e. The number of nitrogens with one attached hydrogen (secondary N) is 1. The van der Waals surface area contributed by atoms with Crippen LogP contribution in [0.1, 0.15) is 5.56 Å². The lowest BCUT2D eigenvalue weighted by Crippen LogP contribution is -2.14. The van der Waals surface area contributed by atoms with E-state index >= 15 is 0 Å². The van der Waals surface area contributed by atoms with Gasteiger partial charge in [-0.3, -0.25) is 9.71 Å². The van der Waals surface area contributed by atoms with E-state index in [9.17, 15) is 8.42 Å². The van der Waals surface area contributed by atoms with Gasteiger partial charge in [0.15, 0.2) is 0 Å². The maximum absolute atomic E-state index is 12.1. The van der Waals surface area contributed by atoms with Gasteiger partial charge in [0.1, 0.15) is 10.0 Å². The lowest BCUT2D eigenvalue weighted by atomic mass is 10.3. The summed E-state index contributed by atoms with van der Waals surface area (Å²) in [6, 6.07) is 4.61. The van der Waals surface area contributed by atoms with Crippen LogP contribution in [-0.4, -0.2) is 18.4 Å². The van der Waals surface area contributed by atoms with Crippen LogP contribution < -0.4 is 4.72 Å². The Morgan fingerprint density at radius 1 is 1.28 bits per heavy atom. The SMILES string of the molecule is Cc1ccncc1NS(=O)(=O)c1cccnc1Cl. The number of pyridine rings is 2. The minimum Gasteiger partial charge on any atom is -0.278 e. The van der Waals surface area contributed by atoms with Crippen molar-refractivity contribution in [3.63, 3.8) is 0 Å². The second-order valence-electron chi connectivity index (χ2n) is 3.59. The average molecular weight is 284 g/mol. The minimum absolute atomic E-state index is 0.0603. The first-order chi connectivity index (χ1) is 8.50. The van der Waals surface area contributed by atoms with Crippen LogP contribution in [0.5, 0.6) is 0 Å². The average Bonchev–Trinajstić information content (AvgIpc) is 2.32. The minimum atomic E-state index is -3.75. The summed E-state index contributed by atoms with van der Waals surface area (Å²) in [4.78, 5) is 7.55. The fourth-order valence-electron chi connectivity index (χ4n) is 1.34. The Morgan fingerprint density at radius 3 is 2.72 bits per heavy atom. The summed E-state index contributed by atoms with van der Waals surface area (Å²) in [7, 11) is -3.75. The van der Waals surface area contributed by atoms with E-state index in [2.05, 4.69) is 14.7 Å². The van der Waals surface area contributed by atoms with Crippen LogP contribution in [0.2, 0.25) is 5.15 Å². The van der Waals surface area contributed by atoms with Crippen LogP contribution in [0.3, 0.4) is 0 Å². The maximum Gasteiger partial charge on any atom is 0.265 e. The van der Waals surface area contributed by atoms with Crippen molar-refractivity contribution in [2.45, 2.75) is 11.8 Å². The first-order valence-corrected chi connectivity index (χ1v) is 6.91. The third kappa shape index (κ3) is 2.60. The molecule has 0 aliphatic carbocycles. The first-order valence-electron chi connectivity index (χ1n) is 5.04. The number of sulfonamides is 1. The molecule has 2 aromatic heterocycles. The van der Waals surface area contributed by atoms with Crippen molar-refractivity contribution in [2.24, 2.45) is 0 Å². The van der Waals surface area contributed by atoms with E-state index in [-0.39, 0.29) is 10.0 Å². The molecule has 2 rings (SSSR count). The predicted molar refractivity (Wildman–Crippen MR) is 69.0 cm³/mol. The maximum atomic E-state index is 12.1. The second-order valence-corrected chi connectivity index (χ2v) is 5.60. The molecule has 0 bridgehead atoms. The molecule has 0 saturated carbocycles. The van der Waals surface area contributed by atoms with Crippen molar-refractivity contribution in [2.75, 3.05) is 4.72 Å². The van der Waals surface area contributed by atoms with Gasteiger partial charge >= 0.3 is 0 Å². The molecule has 0 fully saturated rings. The van der Waals surface area contributed by atoms with E-state index in [1.54, 1.807) is 19.2 Å². The number of hydrogen-bond acceptors (Lipinski definition) is 4. The molecular formula is C11H10ClN3O2S. The lowest BCUT2D eigenvalue weighted by molar-refractivity contribution is 0.601. The molecule has 1 N–H and O–H groups in total. The van der Waals surface area contributed by atoms with Gasteiger partial charge in [-0.15, -0.1) is 0 Å². The number of hydrogen-bond donors (Lipinski definition) is 1. The van der Waals surface area contributed by atoms with Crippen LogP contribution in [0.25, 0.3) is 0 Å². The Kier molecular flexibility index (Phi) is 3.49. The Hall–Kier alpha value is -1.66. The first kappa shape index (κ1) is 12.8. The largest absolute Gasteiger partial charge is 0.278 e. The molecule has 2 heterocycles. The third-order valence-corrected chi connectivity index (χ3v) is 4.11. The van der Waals surface area contributed by atoms with E-state index in [0.717, 1.165) is 5.56 Å². The predicted octanol–water partition coefficient (Wildman–Crippen LogP) is 2.24. The highest BCUT2D eigenvalue weighted by Gasteiger charge is 2.19. The molecule has 2 aromatic rings. The number of anilines is 1. The summed E-state index contributed by atoms with van der Waals surface area (Å²) in [6.45, 7) is 1.78. The summed E-state index contributed by atoms with van der Waals surface area (Å²) in [5, 5.41) is -0.0634. The van der Waals surface area contributed by atoms with Gasteiger partial charge in [-0.1, -0.05) is 11.6 Å². The van der Waals surface area contributed by atoms with Crippen molar-refractivity contribution in [3.8, 4) is 0 Å². The fourth-order valence-corrected chi connectivity index (χ4v) is 2.91. The Bertz CT molecular complexity index is 673. The van der Waals surface area contributed by atoms with Gasteiger partial charge in [-0.2, -0.15) is 0 Å².